The lowest BCUT2D eigenvalue weighted by atomic mass is 9.75. The molecule has 2 heterocycles. The number of anilines is 1. The second-order valence-corrected chi connectivity index (χ2v) is 11.9. The molecule has 0 saturated carbocycles. The standard InChI is InChI=1S/C39H37N5O6/c40-33(45)21-22-36(46)49-27-32-25-43(26-35(50-32)44-24-23-34(42-38(44)48)41-37(47)28-13-5-1-6-14-28)39(29-15-7-2-8-16-29,30-17-9-3-10-18-30)31-19-11-4-12-20-31/h1-20,23-24,32,35H,21-22,25-27H2,(H2,40,45)(H,41,42,47,48)/t32-,35+/m0/s1. The lowest BCUT2D eigenvalue weighted by Gasteiger charge is -2.50. The zero-order chi connectivity index (χ0) is 34.9. The predicted molar refractivity (Wildman–Crippen MR) is 187 cm³/mol. The van der Waals surface area contributed by atoms with Crippen LogP contribution in [-0.2, 0) is 24.6 Å². The van der Waals surface area contributed by atoms with Crippen LogP contribution < -0.4 is 16.7 Å². The molecule has 11 heteroatoms. The molecule has 4 aromatic carbocycles. The fourth-order valence-corrected chi connectivity index (χ4v) is 6.39. The van der Waals surface area contributed by atoms with Crippen LogP contribution >= 0.6 is 0 Å². The van der Waals surface area contributed by atoms with E-state index in [4.69, 9.17) is 15.2 Å². The topological polar surface area (TPSA) is 146 Å². The molecule has 2 amide bonds. The molecule has 0 bridgehead atoms. The van der Waals surface area contributed by atoms with Gasteiger partial charge in [0.05, 0.1) is 12.0 Å². The Bertz CT molecular complexity index is 1880. The molecule has 5 aromatic rings. The first-order valence-electron chi connectivity index (χ1n) is 16.3. The van der Waals surface area contributed by atoms with E-state index < -0.39 is 41.3 Å². The molecule has 0 radical (unpaired) electrons. The number of carbonyl (C=O) groups excluding carboxylic acids is 3. The molecule has 11 nitrogen and oxygen atoms in total. The van der Waals surface area contributed by atoms with Gasteiger partial charge in [-0.3, -0.25) is 23.9 Å². The Kier molecular flexibility index (Phi) is 10.6. The SMILES string of the molecule is NC(=O)CCC(=O)OC[C@@H]1CN(C(c2ccccc2)(c2ccccc2)c2ccccc2)C[C@H](n2ccc(NC(=O)c3ccccc3)nc2=O)O1. The van der Waals surface area contributed by atoms with Crippen LogP contribution in [0.5, 0.6) is 0 Å². The van der Waals surface area contributed by atoms with Gasteiger partial charge in [-0.15, -0.1) is 0 Å². The van der Waals surface area contributed by atoms with E-state index in [0.29, 0.717) is 12.1 Å². The van der Waals surface area contributed by atoms with Crippen molar-refractivity contribution >= 4 is 23.6 Å². The molecule has 1 aromatic heterocycles. The summed E-state index contributed by atoms with van der Waals surface area (Å²) in [6, 6.07) is 40.4. The van der Waals surface area contributed by atoms with E-state index in [-0.39, 0.29) is 31.8 Å². The van der Waals surface area contributed by atoms with Crippen molar-refractivity contribution in [3.05, 3.63) is 166 Å². The molecule has 0 unspecified atom stereocenters. The van der Waals surface area contributed by atoms with Crippen LogP contribution in [0, 0.1) is 0 Å². The van der Waals surface area contributed by atoms with Gasteiger partial charge >= 0.3 is 11.7 Å². The number of nitrogens with zero attached hydrogens (tertiary/aromatic N) is 3. The van der Waals surface area contributed by atoms with Crippen LogP contribution in [-0.4, -0.2) is 58.0 Å². The molecule has 2 atom stereocenters. The number of esters is 1. The molecular formula is C39H37N5O6. The monoisotopic (exact) mass is 671 g/mol. The Morgan fingerprint density at radius 2 is 1.32 bits per heavy atom. The fourth-order valence-electron chi connectivity index (χ4n) is 6.39. The van der Waals surface area contributed by atoms with E-state index in [0.717, 1.165) is 16.7 Å². The van der Waals surface area contributed by atoms with Gasteiger partial charge in [-0.1, -0.05) is 109 Å². The number of rotatable bonds is 12. The molecule has 50 heavy (non-hydrogen) atoms. The number of nitrogens with two attached hydrogens (primary N) is 1. The van der Waals surface area contributed by atoms with Gasteiger partial charge in [-0.05, 0) is 34.9 Å². The van der Waals surface area contributed by atoms with E-state index in [1.165, 1.54) is 10.8 Å². The van der Waals surface area contributed by atoms with Crippen LogP contribution in [0.4, 0.5) is 5.82 Å². The summed E-state index contributed by atoms with van der Waals surface area (Å²) in [7, 11) is 0. The van der Waals surface area contributed by atoms with E-state index in [9.17, 15) is 19.2 Å². The maximum atomic E-state index is 13.6. The zero-order valence-electron chi connectivity index (χ0n) is 27.3. The van der Waals surface area contributed by atoms with Crippen LogP contribution in [0.3, 0.4) is 0 Å². The third-order valence-electron chi connectivity index (χ3n) is 8.62. The van der Waals surface area contributed by atoms with Crippen LogP contribution in [0.2, 0.25) is 0 Å². The predicted octanol–water partition coefficient (Wildman–Crippen LogP) is 4.50. The van der Waals surface area contributed by atoms with E-state index >= 15 is 0 Å². The molecule has 1 fully saturated rings. The van der Waals surface area contributed by atoms with Gasteiger partial charge in [-0.25, -0.2) is 4.79 Å². The Morgan fingerprint density at radius 3 is 1.84 bits per heavy atom. The summed E-state index contributed by atoms with van der Waals surface area (Å²) in [5.74, 6) is -1.48. The summed E-state index contributed by atoms with van der Waals surface area (Å²) >= 11 is 0. The number of benzene rings is 4. The molecule has 0 aliphatic carbocycles. The fraction of sp³-hybridized carbons (Fsp3) is 0.205. The number of primary amides is 1. The van der Waals surface area contributed by atoms with Crippen molar-refractivity contribution in [3.63, 3.8) is 0 Å². The third kappa shape index (κ3) is 7.54. The molecule has 1 saturated heterocycles. The van der Waals surface area contributed by atoms with Gasteiger partial charge < -0.3 is 20.5 Å². The van der Waals surface area contributed by atoms with Crippen LogP contribution in [0.15, 0.2) is 138 Å². The van der Waals surface area contributed by atoms with Crippen molar-refractivity contribution in [3.8, 4) is 0 Å². The van der Waals surface area contributed by atoms with Gasteiger partial charge in [0.2, 0.25) is 5.91 Å². The van der Waals surface area contributed by atoms with Gasteiger partial charge in [0.1, 0.15) is 18.5 Å². The molecule has 1 aliphatic rings. The smallest absolute Gasteiger partial charge is 0.351 e. The lowest BCUT2D eigenvalue weighted by molar-refractivity contribution is -0.170. The molecular weight excluding hydrogens is 634 g/mol. The number of amides is 2. The normalized spacial score (nSPS) is 16.3. The maximum Gasteiger partial charge on any atom is 0.351 e. The highest BCUT2D eigenvalue weighted by atomic mass is 16.6. The third-order valence-corrected chi connectivity index (χ3v) is 8.62. The highest BCUT2D eigenvalue weighted by Crippen LogP contribution is 2.44. The minimum Gasteiger partial charge on any atom is -0.463 e. The van der Waals surface area contributed by atoms with Crippen molar-refractivity contribution < 1.29 is 23.9 Å². The van der Waals surface area contributed by atoms with Crippen molar-refractivity contribution in [2.24, 2.45) is 5.73 Å². The minimum absolute atomic E-state index is 0.0971. The Hall–Kier alpha value is -5.91. The number of nitrogens with one attached hydrogen (secondary N) is 1. The largest absolute Gasteiger partial charge is 0.463 e. The summed E-state index contributed by atoms with van der Waals surface area (Å²) in [6.45, 7) is 0.417. The highest BCUT2D eigenvalue weighted by molar-refractivity contribution is 6.03. The first kappa shape index (κ1) is 34.0. The molecule has 0 spiro atoms. The second-order valence-electron chi connectivity index (χ2n) is 11.9. The zero-order valence-corrected chi connectivity index (χ0v) is 27.3. The van der Waals surface area contributed by atoms with Gasteiger partial charge in [0.15, 0.2) is 6.23 Å². The number of hydrogen-bond acceptors (Lipinski definition) is 8. The number of ether oxygens (including phenoxy) is 2. The molecule has 254 valence electrons. The molecule has 1 aliphatic heterocycles. The maximum absolute atomic E-state index is 13.6. The van der Waals surface area contributed by atoms with Gasteiger partial charge in [0.25, 0.3) is 5.91 Å². The summed E-state index contributed by atoms with van der Waals surface area (Å²) in [4.78, 5) is 56.6. The average molecular weight is 672 g/mol. The van der Waals surface area contributed by atoms with E-state index in [1.54, 1.807) is 36.4 Å². The minimum atomic E-state index is -0.868. The molecule has 6 rings (SSSR count). The number of morpholine rings is 1. The van der Waals surface area contributed by atoms with E-state index in [1.807, 2.05) is 54.6 Å². The summed E-state index contributed by atoms with van der Waals surface area (Å²) < 4.78 is 13.4. The Balaban J connectivity index is 1.40. The van der Waals surface area contributed by atoms with Gasteiger partial charge in [0, 0.05) is 31.3 Å². The Morgan fingerprint density at radius 1 is 0.780 bits per heavy atom. The number of hydrogen-bond donors (Lipinski definition) is 2. The van der Waals surface area contributed by atoms with Gasteiger partial charge in [-0.2, -0.15) is 4.98 Å². The van der Waals surface area contributed by atoms with Crippen LogP contribution in [0.1, 0.15) is 46.1 Å². The second kappa shape index (κ2) is 15.5. The van der Waals surface area contributed by atoms with Crippen LogP contribution in [0.25, 0.3) is 0 Å². The summed E-state index contributed by atoms with van der Waals surface area (Å²) in [5.41, 5.74) is 7.13. The average Bonchev–Trinajstić information content (AvgIpc) is 3.15. The number of carbonyl (C=O) groups is 3. The van der Waals surface area contributed by atoms with E-state index in [2.05, 4.69) is 51.6 Å². The van der Waals surface area contributed by atoms with Crippen molar-refractivity contribution in [1.29, 1.82) is 0 Å². The van der Waals surface area contributed by atoms with Crippen molar-refractivity contribution in [2.75, 3.05) is 25.0 Å². The number of aromatic nitrogens is 2. The summed E-state index contributed by atoms with van der Waals surface area (Å²) in [5, 5.41) is 2.68. The first-order valence-corrected chi connectivity index (χ1v) is 16.3. The summed E-state index contributed by atoms with van der Waals surface area (Å²) in [6.07, 6.45) is -0.308. The van der Waals surface area contributed by atoms with Crippen molar-refractivity contribution in [1.82, 2.24) is 14.5 Å². The lowest BCUT2D eigenvalue weighted by Crippen LogP contribution is -2.58. The molecule has 3 N–H and O–H groups in total. The quantitative estimate of drug-likeness (QED) is 0.146. The first-order chi connectivity index (χ1) is 24.3. The van der Waals surface area contributed by atoms with Crippen molar-refractivity contribution in [2.45, 2.75) is 30.7 Å². The Labute approximate surface area is 289 Å². The highest BCUT2D eigenvalue weighted by Gasteiger charge is 2.46.